The summed E-state index contributed by atoms with van der Waals surface area (Å²) in [5.41, 5.74) is 0.785. The van der Waals surface area contributed by atoms with Gasteiger partial charge in [-0.1, -0.05) is 31.5 Å². The molecule has 1 aromatic rings. The van der Waals surface area contributed by atoms with Crippen LogP contribution in [0.15, 0.2) is 18.2 Å². The van der Waals surface area contributed by atoms with Crippen molar-refractivity contribution in [3.63, 3.8) is 0 Å². The Hall–Kier alpha value is -0.810. The minimum Gasteiger partial charge on any atom is -0.494 e. The lowest BCUT2D eigenvalue weighted by Gasteiger charge is -2.31. The van der Waals surface area contributed by atoms with Gasteiger partial charge in [-0.25, -0.2) is 0 Å². The molecule has 4 nitrogen and oxygen atoms in total. The fourth-order valence-corrected chi connectivity index (χ4v) is 3.05. The summed E-state index contributed by atoms with van der Waals surface area (Å²) in [5.74, 6) is 0.899. The summed E-state index contributed by atoms with van der Waals surface area (Å²) >= 11 is 6.33. The van der Waals surface area contributed by atoms with E-state index in [0.717, 1.165) is 50.5 Å². The smallest absolute Gasteiger partial charge is 0.120 e. The molecule has 5 heteroatoms. The molecule has 1 fully saturated rings. The second-order valence-electron chi connectivity index (χ2n) is 6.00. The van der Waals surface area contributed by atoms with Crippen LogP contribution in [-0.2, 0) is 0 Å². The van der Waals surface area contributed by atoms with E-state index in [-0.39, 0.29) is 5.92 Å². The molecule has 0 bridgehead atoms. The SMILES string of the molecule is CCCOc1ccc(C(O)C(C)CN2CCNCC2)c(Cl)c1. The van der Waals surface area contributed by atoms with Gasteiger partial charge in [-0.05, 0) is 30.0 Å². The zero-order valence-corrected chi connectivity index (χ0v) is 14.3. The van der Waals surface area contributed by atoms with Gasteiger partial charge < -0.3 is 20.1 Å². The van der Waals surface area contributed by atoms with E-state index in [2.05, 4.69) is 24.1 Å². The number of rotatable bonds is 7. The van der Waals surface area contributed by atoms with Crippen LogP contribution in [0.25, 0.3) is 0 Å². The van der Waals surface area contributed by atoms with E-state index in [1.165, 1.54) is 0 Å². The molecule has 1 aliphatic rings. The maximum Gasteiger partial charge on any atom is 0.120 e. The number of hydrogen-bond donors (Lipinski definition) is 2. The van der Waals surface area contributed by atoms with Crippen LogP contribution < -0.4 is 10.1 Å². The van der Waals surface area contributed by atoms with E-state index in [4.69, 9.17) is 16.3 Å². The summed E-state index contributed by atoms with van der Waals surface area (Å²) in [4.78, 5) is 2.39. The van der Waals surface area contributed by atoms with Gasteiger partial charge in [0.15, 0.2) is 0 Å². The molecule has 1 aliphatic heterocycles. The van der Waals surface area contributed by atoms with Gasteiger partial charge in [0.2, 0.25) is 0 Å². The van der Waals surface area contributed by atoms with Crippen LogP contribution in [0.4, 0.5) is 0 Å². The Morgan fingerprint density at radius 2 is 2.09 bits per heavy atom. The topological polar surface area (TPSA) is 44.7 Å². The predicted molar refractivity (Wildman–Crippen MR) is 90.7 cm³/mol. The number of nitrogens with one attached hydrogen (secondary N) is 1. The maximum atomic E-state index is 10.6. The Balaban J connectivity index is 1.96. The van der Waals surface area contributed by atoms with Crippen LogP contribution in [0.2, 0.25) is 5.02 Å². The average Bonchev–Trinajstić information content (AvgIpc) is 2.53. The minimum absolute atomic E-state index is 0.137. The van der Waals surface area contributed by atoms with Crippen LogP contribution in [0.3, 0.4) is 0 Å². The van der Waals surface area contributed by atoms with E-state index in [9.17, 15) is 5.11 Å². The first-order chi connectivity index (χ1) is 10.6. The van der Waals surface area contributed by atoms with Gasteiger partial charge in [0, 0.05) is 32.7 Å². The summed E-state index contributed by atoms with van der Waals surface area (Å²) < 4.78 is 5.57. The molecule has 1 saturated heterocycles. The van der Waals surface area contributed by atoms with Crippen LogP contribution in [-0.4, -0.2) is 49.3 Å². The van der Waals surface area contributed by atoms with Crippen LogP contribution >= 0.6 is 11.6 Å². The van der Waals surface area contributed by atoms with Crippen molar-refractivity contribution >= 4 is 11.6 Å². The third kappa shape index (κ3) is 4.85. The zero-order valence-electron chi connectivity index (χ0n) is 13.5. The van der Waals surface area contributed by atoms with E-state index < -0.39 is 6.10 Å². The van der Waals surface area contributed by atoms with Crippen molar-refractivity contribution in [2.45, 2.75) is 26.4 Å². The lowest BCUT2D eigenvalue weighted by Crippen LogP contribution is -2.45. The molecule has 0 aromatic heterocycles. The lowest BCUT2D eigenvalue weighted by atomic mass is 9.96. The standard InChI is InChI=1S/C17H27ClN2O2/c1-3-10-22-14-4-5-15(16(18)11-14)17(21)13(2)12-20-8-6-19-7-9-20/h4-5,11,13,17,19,21H,3,6-10,12H2,1-2H3. The van der Waals surface area contributed by atoms with Crippen molar-refractivity contribution in [3.05, 3.63) is 28.8 Å². The van der Waals surface area contributed by atoms with Gasteiger partial charge in [0.05, 0.1) is 17.7 Å². The molecule has 2 rings (SSSR count). The molecule has 2 N–H and O–H groups in total. The van der Waals surface area contributed by atoms with E-state index in [1.54, 1.807) is 6.07 Å². The summed E-state index contributed by atoms with van der Waals surface area (Å²) in [7, 11) is 0. The molecule has 1 aromatic carbocycles. The summed E-state index contributed by atoms with van der Waals surface area (Å²) in [5, 5.41) is 14.5. The minimum atomic E-state index is -0.553. The Bertz CT molecular complexity index is 464. The molecule has 0 aliphatic carbocycles. The van der Waals surface area contributed by atoms with Gasteiger partial charge in [-0.3, -0.25) is 0 Å². The number of piperazine rings is 1. The average molecular weight is 327 g/mol. The molecule has 124 valence electrons. The van der Waals surface area contributed by atoms with E-state index in [0.29, 0.717) is 11.6 Å². The first-order valence-electron chi connectivity index (χ1n) is 8.15. The highest BCUT2D eigenvalue weighted by Crippen LogP contribution is 2.31. The lowest BCUT2D eigenvalue weighted by molar-refractivity contribution is 0.0842. The Morgan fingerprint density at radius 1 is 1.36 bits per heavy atom. The summed E-state index contributed by atoms with van der Waals surface area (Å²) in [6, 6.07) is 5.57. The van der Waals surface area contributed by atoms with Crippen molar-refractivity contribution in [3.8, 4) is 5.75 Å². The molecule has 0 radical (unpaired) electrons. The van der Waals surface area contributed by atoms with Crippen molar-refractivity contribution < 1.29 is 9.84 Å². The highest BCUT2D eigenvalue weighted by molar-refractivity contribution is 6.31. The fraction of sp³-hybridized carbons (Fsp3) is 0.647. The molecule has 0 saturated carbocycles. The summed E-state index contributed by atoms with van der Waals surface area (Å²) in [6.45, 7) is 9.82. The van der Waals surface area contributed by atoms with Crippen LogP contribution in [0.5, 0.6) is 5.75 Å². The first-order valence-corrected chi connectivity index (χ1v) is 8.53. The van der Waals surface area contributed by atoms with Gasteiger partial charge in [0.25, 0.3) is 0 Å². The number of hydrogen-bond acceptors (Lipinski definition) is 4. The van der Waals surface area contributed by atoms with E-state index >= 15 is 0 Å². The Morgan fingerprint density at radius 3 is 2.73 bits per heavy atom. The van der Waals surface area contributed by atoms with Gasteiger partial charge in [-0.2, -0.15) is 0 Å². The van der Waals surface area contributed by atoms with Gasteiger partial charge >= 0.3 is 0 Å². The van der Waals surface area contributed by atoms with Gasteiger partial charge in [-0.15, -0.1) is 0 Å². The fourth-order valence-electron chi connectivity index (χ4n) is 2.76. The Kier molecular flexibility index (Phi) is 6.96. The number of halogens is 1. The van der Waals surface area contributed by atoms with Crippen molar-refractivity contribution in [2.24, 2.45) is 5.92 Å². The molecular weight excluding hydrogens is 300 g/mol. The molecule has 0 amide bonds. The predicted octanol–water partition coefficient (Wildman–Crippen LogP) is 2.70. The van der Waals surface area contributed by atoms with Crippen LogP contribution in [0, 0.1) is 5.92 Å². The normalized spacial score (nSPS) is 18.9. The maximum absolute atomic E-state index is 10.6. The number of benzene rings is 1. The zero-order chi connectivity index (χ0) is 15.9. The number of ether oxygens (including phenoxy) is 1. The second-order valence-corrected chi connectivity index (χ2v) is 6.41. The molecular formula is C17H27ClN2O2. The number of aliphatic hydroxyl groups excluding tert-OH is 1. The Labute approximate surface area is 138 Å². The number of aliphatic hydroxyl groups is 1. The van der Waals surface area contributed by atoms with Gasteiger partial charge in [0.1, 0.15) is 5.75 Å². The summed E-state index contributed by atoms with van der Waals surface area (Å²) in [6.07, 6.45) is 0.409. The van der Waals surface area contributed by atoms with Crippen LogP contribution in [0.1, 0.15) is 31.9 Å². The largest absolute Gasteiger partial charge is 0.494 e. The third-order valence-electron chi connectivity index (χ3n) is 4.06. The molecule has 1 heterocycles. The highest BCUT2D eigenvalue weighted by Gasteiger charge is 2.22. The van der Waals surface area contributed by atoms with Crippen molar-refractivity contribution in [2.75, 3.05) is 39.3 Å². The van der Waals surface area contributed by atoms with E-state index in [1.807, 2.05) is 12.1 Å². The molecule has 22 heavy (non-hydrogen) atoms. The first kappa shape index (κ1) is 17.5. The third-order valence-corrected chi connectivity index (χ3v) is 4.39. The van der Waals surface area contributed by atoms with Crippen molar-refractivity contribution in [1.29, 1.82) is 0 Å². The second kappa shape index (κ2) is 8.73. The monoisotopic (exact) mass is 326 g/mol. The number of nitrogens with zero attached hydrogens (tertiary/aromatic N) is 1. The highest BCUT2D eigenvalue weighted by atomic mass is 35.5. The molecule has 2 atom stereocenters. The quantitative estimate of drug-likeness (QED) is 0.808. The van der Waals surface area contributed by atoms with Crippen molar-refractivity contribution in [1.82, 2.24) is 10.2 Å². The molecule has 0 spiro atoms. The molecule has 2 unspecified atom stereocenters.